The number of nitrogens with zero attached hydrogens (tertiary/aromatic N) is 2. The van der Waals surface area contributed by atoms with E-state index in [4.69, 9.17) is 9.72 Å². The molecule has 0 bridgehead atoms. The molecule has 1 aliphatic carbocycles. The Labute approximate surface area is 171 Å². The number of fused-ring (bicyclic) bond motifs is 3. The molecule has 29 heavy (non-hydrogen) atoms. The van der Waals surface area contributed by atoms with Crippen molar-refractivity contribution >= 4 is 27.3 Å². The maximum absolute atomic E-state index is 13.7. The van der Waals surface area contributed by atoms with Crippen LogP contribution < -0.4 is 10.3 Å². The predicted molar refractivity (Wildman–Crippen MR) is 114 cm³/mol. The first-order valence-electron chi connectivity index (χ1n) is 9.49. The van der Waals surface area contributed by atoms with E-state index in [1.807, 2.05) is 54.6 Å². The summed E-state index contributed by atoms with van der Waals surface area (Å²) in [4.78, 5) is 32.3. The molecule has 5 nitrogen and oxygen atoms in total. The van der Waals surface area contributed by atoms with Crippen LogP contribution in [0.1, 0.15) is 28.1 Å². The summed E-state index contributed by atoms with van der Waals surface area (Å²) < 4.78 is 6.91. The van der Waals surface area contributed by atoms with Crippen LogP contribution in [0.5, 0.6) is 5.75 Å². The van der Waals surface area contributed by atoms with Crippen LogP contribution in [0.15, 0.2) is 59.4 Å². The van der Waals surface area contributed by atoms with Crippen LogP contribution in [-0.2, 0) is 6.42 Å². The summed E-state index contributed by atoms with van der Waals surface area (Å²) in [5.74, 6) is 1.41. The average Bonchev–Trinajstić information content (AvgIpc) is 3.14. The number of thiophene rings is 1. The second-order valence-corrected chi connectivity index (χ2v) is 8.01. The van der Waals surface area contributed by atoms with Crippen molar-refractivity contribution < 1.29 is 9.53 Å². The molecule has 0 saturated heterocycles. The van der Waals surface area contributed by atoms with Crippen molar-refractivity contribution in [2.24, 2.45) is 0 Å². The van der Waals surface area contributed by atoms with Gasteiger partial charge in [-0.15, -0.1) is 11.3 Å². The SMILES string of the molecule is COc1ccc(-c2nc3sc4c(c3c(=O)n2-c2ccccc2)CCCC4=O)cc1. The molecule has 1 aliphatic rings. The summed E-state index contributed by atoms with van der Waals surface area (Å²) in [6.07, 6.45) is 2.06. The number of aryl methyl sites for hydroxylation is 1. The van der Waals surface area contributed by atoms with E-state index in [-0.39, 0.29) is 11.3 Å². The van der Waals surface area contributed by atoms with E-state index in [9.17, 15) is 9.59 Å². The van der Waals surface area contributed by atoms with Crippen molar-refractivity contribution in [3.8, 4) is 22.8 Å². The maximum Gasteiger partial charge on any atom is 0.267 e. The monoisotopic (exact) mass is 402 g/mol. The van der Waals surface area contributed by atoms with Crippen LogP contribution in [0.4, 0.5) is 0 Å². The fourth-order valence-electron chi connectivity index (χ4n) is 3.86. The van der Waals surface area contributed by atoms with Crippen LogP contribution in [0.2, 0.25) is 0 Å². The van der Waals surface area contributed by atoms with Gasteiger partial charge in [-0.1, -0.05) is 18.2 Å². The van der Waals surface area contributed by atoms with Gasteiger partial charge in [-0.3, -0.25) is 14.2 Å². The fraction of sp³-hybridized carbons (Fsp3) is 0.174. The standard InChI is InChI=1S/C23H18N2O3S/c1-28-16-12-10-14(11-13-16)21-24-22-19(17-8-5-9-18(26)20(17)29-22)23(27)25(21)15-6-3-2-4-7-15/h2-4,6-7,10-13H,5,8-9H2,1H3. The molecule has 4 aromatic rings. The molecule has 2 aromatic heterocycles. The van der Waals surface area contributed by atoms with Crippen LogP contribution in [-0.4, -0.2) is 22.4 Å². The van der Waals surface area contributed by atoms with Gasteiger partial charge < -0.3 is 4.74 Å². The van der Waals surface area contributed by atoms with Gasteiger partial charge in [0.1, 0.15) is 16.4 Å². The Morgan fingerprint density at radius 1 is 1.00 bits per heavy atom. The predicted octanol–water partition coefficient (Wildman–Crippen LogP) is 4.64. The van der Waals surface area contributed by atoms with Gasteiger partial charge in [-0.25, -0.2) is 4.98 Å². The van der Waals surface area contributed by atoms with Gasteiger partial charge in [0.05, 0.1) is 23.1 Å². The topological polar surface area (TPSA) is 61.2 Å². The molecule has 2 heterocycles. The number of aromatic nitrogens is 2. The molecule has 0 N–H and O–H groups in total. The van der Waals surface area contributed by atoms with Gasteiger partial charge >= 0.3 is 0 Å². The number of rotatable bonds is 3. The van der Waals surface area contributed by atoms with Crippen molar-refractivity contribution in [2.75, 3.05) is 7.11 Å². The Kier molecular flexibility index (Phi) is 4.28. The Morgan fingerprint density at radius 3 is 2.48 bits per heavy atom. The second kappa shape index (κ2) is 6.97. The zero-order chi connectivity index (χ0) is 20.0. The van der Waals surface area contributed by atoms with Crippen molar-refractivity contribution in [2.45, 2.75) is 19.3 Å². The summed E-state index contributed by atoms with van der Waals surface area (Å²) in [5, 5.41) is 0.583. The molecular formula is C23H18N2O3S. The highest BCUT2D eigenvalue weighted by molar-refractivity contribution is 7.20. The number of ketones is 1. The smallest absolute Gasteiger partial charge is 0.267 e. The van der Waals surface area contributed by atoms with Crippen LogP contribution in [0.3, 0.4) is 0 Å². The minimum atomic E-state index is -0.126. The van der Waals surface area contributed by atoms with Gasteiger partial charge in [0.2, 0.25) is 0 Å². The molecule has 0 fully saturated rings. The Morgan fingerprint density at radius 2 is 1.76 bits per heavy atom. The summed E-state index contributed by atoms with van der Waals surface area (Å²) in [6, 6.07) is 17.0. The lowest BCUT2D eigenvalue weighted by Gasteiger charge is -2.14. The largest absolute Gasteiger partial charge is 0.497 e. The first-order chi connectivity index (χ1) is 14.2. The van der Waals surface area contributed by atoms with Crippen LogP contribution in [0, 0.1) is 0 Å². The van der Waals surface area contributed by atoms with E-state index in [0.717, 1.165) is 35.4 Å². The summed E-state index contributed by atoms with van der Waals surface area (Å²) in [5.41, 5.74) is 2.30. The average molecular weight is 402 g/mol. The van der Waals surface area contributed by atoms with Crippen LogP contribution in [0.25, 0.3) is 27.3 Å². The number of para-hydroxylation sites is 1. The number of methoxy groups -OCH3 is 1. The molecule has 0 aliphatic heterocycles. The maximum atomic E-state index is 13.7. The highest BCUT2D eigenvalue weighted by atomic mass is 32.1. The molecule has 0 spiro atoms. The van der Waals surface area contributed by atoms with E-state index in [1.54, 1.807) is 11.7 Å². The highest BCUT2D eigenvalue weighted by Crippen LogP contribution is 2.35. The lowest BCUT2D eigenvalue weighted by Crippen LogP contribution is -2.22. The molecular weight excluding hydrogens is 384 g/mol. The van der Waals surface area contributed by atoms with Crippen molar-refractivity contribution in [1.82, 2.24) is 9.55 Å². The minimum absolute atomic E-state index is 0.117. The lowest BCUT2D eigenvalue weighted by atomic mass is 9.96. The number of benzene rings is 2. The first kappa shape index (κ1) is 17.8. The summed E-state index contributed by atoms with van der Waals surface area (Å²) in [7, 11) is 1.62. The van der Waals surface area contributed by atoms with Crippen molar-refractivity contribution in [1.29, 1.82) is 0 Å². The highest BCUT2D eigenvalue weighted by Gasteiger charge is 2.27. The molecule has 144 valence electrons. The van der Waals surface area contributed by atoms with Gasteiger partial charge in [-0.05, 0) is 54.8 Å². The van der Waals surface area contributed by atoms with Crippen molar-refractivity contribution in [3.63, 3.8) is 0 Å². The fourth-order valence-corrected chi connectivity index (χ4v) is 5.04. The molecule has 2 aromatic carbocycles. The lowest BCUT2D eigenvalue weighted by molar-refractivity contribution is 0.0977. The quantitative estimate of drug-likeness (QED) is 0.501. The number of ether oxygens (including phenoxy) is 1. The molecule has 0 saturated carbocycles. The minimum Gasteiger partial charge on any atom is -0.497 e. The number of carbonyl (C=O) groups is 1. The van der Waals surface area contributed by atoms with E-state index in [1.165, 1.54) is 11.3 Å². The number of Topliss-reactive ketones (excluding diaryl/α,β-unsaturated/α-hetero) is 1. The van der Waals surface area contributed by atoms with E-state index in [2.05, 4.69) is 0 Å². The molecule has 0 atom stereocenters. The van der Waals surface area contributed by atoms with Gasteiger partial charge in [0.25, 0.3) is 5.56 Å². The number of hydrogen-bond donors (Lipinski definition) is 0. The molecule has 0 unspecified atom stereocenters. The van der Waals surface area contributed by atoms with Gasteiger partial charge in [0.15, 0.2) is 5.78 Å². The summed E-state index contributed by atoms with van der Waals surface area (Å²) in [6.45, 7) is 0. The molecule has 6 heteroatoms. The third-order valence-corrected chi connectivity index (χ3v) is 6.44. The third-order valence-electron chi connectivity index (χ3n) is 5.27. The van der Waals surface area contributed by atoms with Gasteiger partial charge in [0, 0.05) is 12.0 Å². The van der Waals surface area contributed by atoms with E-state index >= 15 is 0 Å². The molecule has 0 radical (unpaired) electrons. The van der Waals surface area contributed by atoms with Crippen LogP contribution >= 0.6 is 11.3 Å². The Bertz CT molecular complexity index is 1290. The van der Waals surface area contributed by atoms with Crippen molar-refractivity contribution in [3.05, 3.63) is 75.4 Å². The zero-order valence-corrected chi connectivity index (χ0v) is 16.7. The van der Waals surface area contributed by atoms with E-state index in [0.29, 0.717) is 27.3 Å². The summed E-state index contributed by atoms with van der Waals surface area (Å²) >= 11 is 1.34. The third kappa shape index (κ3) is 2.87. The second-order valence-electron chi connectivity index (χ2n) is 7.01. The molecule has 0 amide bonds. The number of carbonyl (C=O) groups excluding carboxylic acids is 1. The molecule has 5 rings (SSSR count). The van der Waals surface area contributed by atoms with Gasteiger partial charge in [-0.2, -0.15) is 0 Å². The number of hydrogen-bond acceptors (Lipinski definition) is 5. The first-order valence-corrected chi connectivity index (χ1v) is 10.3. The normalized spacial score (nSPS) is 13.5. The van der Waals surface area contributed by atoms with E-state index < -0.39 is 0 Å². The Hall–Kier alpha value is -3.25. The zero-order valence-electron chi connectivity index (χ0n) is 15.8. The Balaban J connectivity index is 1.85.